The number of allylic oxidation sites excluding steroid dienone is 1. The van der Waals surface area contributed by atoms with E-state index in [9.17, 15) is 4.79 Å². The summed E-state index contributed by atoms with van der Waals surface area (Å²) in [5.41, 5.74) is 1.25. The van der Waals surface area contributed by atoms with Gasteiger partial charge in [0.05, 0.1) is 0 Å². The van der Waals surface area contributed by atoms with Crippen LogP contribution in [0.2, 0.25) is 0 Å². The van der Waals surface area contributed by atoms with Crippen LogP contribution in [-0.2, 0) is 9.53 Å². The number of halogens is 1. The van der Waals surface area contributed by atoms with Gasteiger partial charge in [0.25, 0.3) is 0 Å². The quantitative estimate of drug-likeness (QED) is 0.458. The summed E-state index contributed by atoms with van der Waals surface area (Å²) in [5.74, 6) is -0.0975. The van der Waals surface area contributed by atoms with Crippen molar-refractivity contribution >= 4 is 17.6 Å². The average molecular weight is 237 g/mol. The summed E-state index contributed by atoms with van der Waals surface area (Å²) in [6, 6.07) is 10.2. The molecule has 1 aromatic rings. The molecule has 2 nitrogen and oxygen atoms in total. The predicted molar refractivity (Wildman–Crippen MR) is 63.5 cm³/mol. The lowest BCUT2D eigenvalue weighted by atomic mass is 9.98. The molecule has 0 spiro atoms. The molecule has 1 aromatic carbocycles. The number of hydrogen-bond donors (Lipinski definition) is 0. The second kappa shape index (κ2) is 5.17. The Kier molecular flexibility index (Phi) is 3.62. The minimum Gasteiger partial charge on any atom is -0.457 e. The summed E-state index contributed by atoms with van der Waals surface area (Å²) in [6.07, 6.45) is 4.70. The van der Waals surface area contributed by atoms with Gasteiger partial charge in [-0.3, -0.25) is 4.79 Å². The molecule has 0 saturated heterocycles. The zero-order chi connectivity index (χ0) is 11.4. The van der Waals surface area contributed by atoms with E-state index in [2.05, 4.69) is 18.2 Å². The molecule has 16 heavy (non-hydrogen) atoms. The summed E-state index contributed by atoms with van der Waals surface area (Å²) in [4.78, 5) is 11.0. The van der Waals surface area contributed by atoms with E-state index < -0.39 is 0 Å². The molecule has 84 valence electrons. The van der Waals surface area contributed by atoms with Gasteiger partial charge in [0.1, 0.15) is 12.0 Å². The molecule has 0 aliphatic heterocycles. The van der Waals surface area contributed by atoms with Crippen LogP contribution in [0.5, 0.6) is 0 Å². The van der Waals surface area contributed by atoms with Crippen molar-refractivity contribution in [2.24, 2.45) is 0 Å². The third-order valence-corrected chi connectivity index (χ3v) is 2.88. The highest BCUT2D eigenvalue weighted by molar-refractivity contribution is 6.26. The topological polar surface area (TPSA) is 26.3 Å². The highest BCUT2D eigenvalue weighted by Crippen LogP contribution is 2.29. The summed E-state index contributed by atoms with van der Waals surface area (Å²) in [7, 11) is 0. The van der Waals surface area contributed by atoms with Crippen LogP contribution in [0, 0.1) is 0 Å². The fourth-order valence-corrected chi connectivity index (χ4v) is 1.96. The fraction of sp³-hybridized carbons (Fsp3) is 0.308. The summed E-state index contributed by atoms with van der Waals surface area (Å²) in [6.45, 7) is 0. The van der Waals surface area contributed by atoms with Crippen molar-refractivity contribution in [3.63, 3.8) is 0 Å². The first-order valence-electron chi connectivity index (χ1n) is 5.28. The normalized spacial score (nSPS) is 23.3. The molecule has 0 heterocycles. The number of alkyl halides is 1. The van der Waals surface area contributed by atoms with Gasteiger partial charge in [-0.05, 0) is 18.1 Å². The summed E-state index contributed by atoms with van der Waals surface area (Å²) in [5, 5.41) is 0. The van der Waals surface area contributed by atoms with Crippen LogP contribution < -0.4 is 0 Å². The smallest absolute Gasteiger partial charge is 0.321 e. The highest BCUT2D eigenvalue weighted by atomic mass is 35.5. The molecule has 2 rings (SSSR count). The molecule has 1 aliphatic rings. The van der Waals surface area contributed by atoms with Crippen molar-refractivity contribution < 1.29 is 9.53 Å². The first-order valence-corrected chi connectivity index (χ1v) is 5.82. The van der Waals surface area contributed by atoms with Crippen molar-refractivity contribution in [3.8, 4) is 0 Å². The second-order valence-corrected chi connectivity index (χ2v) is 4.07. The van der Waals surface area contributed by atoms with Crippen molar-refractivity contribution in [1.29, 1.82) is 0 Å². The molecule has 0 fully saturated rings. The number of carbonyl (C=O) groups excluding carboxylic acids is 1. The van der Waals surface area contributed by atoms with Crippen LogP contribution in [0.4, 0.5) is 0 Å². The van der Waals surface area contributed by atoms with Gasteiger partial charge in [-0.15, -0.1) is 11.6 Å². The van der Waals surface area contributed by atoms with Crippen LogP contribution in [0.3, 0.4) is 0 Å². The van der Waals surface area contributed by atoms with Crippen LogP contribution >= 0.6 is 11.6 Å². The van der Waals surface area contributed by atoms with Crippen molar-refractivity contribution in [2.75, 3.05) is 5.88 Å². The van der Waals surface area contributed by atoms with Gasteiger partial charge in [0, 0.05) is 5.92 Å². The zero-order valence-corrected chi connectivity index (χ0v) is 9.56. The molecule has 0 N–H and O–H groups in total. The first kappa shape index (κ1) is 11.2. The standard InChI is InChI=1S/C13H13ClO2/c14-9-13(15)16-12-7-6-11(8-12)10-4-2-1-3-5-10/h1-7,11-12H,8-9H2/t11-,12+/m0/s1. The van der Waals surface area contributed by atoms with Crippen LogP contribution in [0.25, 0.3) is 0 Å². The Balaban J connectivity index is 1.95. The minimum atomic E-state index is -0.356. The SMILES string of the molecule is O=C(CCl)O[C@@H]1C=C[C@H](c2ccccc2)C1. The average Bonchev–Trinajstić information content (AvgIpc) is 2.78. The molecular weight excluding hydrogens is 224 g/mol. The molecule has 3 heteroatoms. The summed E-state index contributed by atoms with van der Waals surface area (Å²) >= 11 is 5.39. The number of carbonyl (C=O) groups is 1. The Morgan fingerprint density at radius 2 is 2.06 bits per heavy atom. The molecular formula is C13H13ClO2. The number of hydrogen-bond acceptors (Lipinski definition) is 2. The van der Waals surface area contributed by atoms with Crippen LogP contribution in [-0.4, -0.2) is 18.0 Å². The minimum absolute atomic E-state index is 0.0830. The van der Waals surface area contributed by atoms with E-state index in [1.54, 1.807) is 0 Å². The van der Waals surface area contributed by atoms with E-state index >= 15 is 0 Å². The molecule has 0 aromatic heterocycles. The lowest BCUT2D eigenvalue weighted by Crippen LogP contribution is -2.15. The molecule has 0 bridgehead atoms. The lowest BCUT2D eigenvalue weighted by molar-refractivity contribution is -0.143. The van der Waals surface area contributed by atoms with E-state index in [0.717, 1.165) is 6.42 Å². The fourth-order valence-electron chi connectivity index (χ4n) is 1.90. The maximum Gasteiger partial charge on any atom is 0.321 e. The predicted octanol–water partition coefficient (Wildman–Crippen LogP) is 2.88. The van der Waals surface area contributed by atoms with Crippen molar-refractivity contribution in [1.82, 2.24) is 0 Å². The third-order valence-electron chi connectivity index (χ3n) is 2.66. The molecule has 2 atom stereocenters. The maximum absolute atomic E-state index is 11.0. The van der Waals surface area contributed by atoms with Crippen molar-refractivity contribution in [2.45, 2.75) is 18.4 Å². The number of ether oxygens (including phenoxy) is 1. The van der Waals surface area contributed by atoms with Gasteiger partial charge in [-0.1, -0.05) is 36.4 Å². The Morgan fingerprint density at radius 3 is 2.75 bits per heavy atom. The van der Waals surface area contributed by atoms with E-state index in [-0.39, 0.29) is 18.0 Å². The summed E-state index contributed by atoms with van der Waals surface area (Å²) < 4.78 is 5.15. The van der Waals surface area contributed by atoms with Gasteiger partial charge >= 0.3 is 5.97 Å². The lowest BCUT2D eigenvalue weighted by Gasteiger charge is -2.12. The monoisotopic (exact) mass is 236 g/mol. The first-order chi connectivity index (χ1) is 7.79. The second-order valence-electron chi connectivity index (χ2n) is 3.80. The van der Waals surface area contributed by atoms with Crippen LogP contribution in [0.15, 0.2) is 42.5 Å². The van der Waals surface area contributed by atoms with E-state index in [1.165, 1.54) is 5.56 Å². The third kappa shape index (κ3) is 2.64. The number of esters is 1. The van der Waals surface area contributed by atoms with Crippen LogP contribution in [0.1, 0.15) is 17.9 Å². The van der Waals surface area contributed by atoms with E-state index in [0.29, 0.717) is 5.92 Å². The molecule has 0 amide bonds. The Morgan fingerprint density at radius 1 is 1.31 bits per heavy atom. The maximum atomic E-state index is 11.0. The Labute approximate surface area is 99.9 Å². The zero-order valence-electron chi connectivity index (χ0n) is 8.80. The number of benzene rings is 1. The number of rotatable bonds is 3. The van der Waals surface area contributed by atoms with Gasteiger partial charge in [0.2, 0.25) is 0 Å². The molecule has 0 unspecified atom stereocenters. The Hall–Kier alpha value is -1.28. The van der Waals surface area contributed by atoms with Gasteiger partial charge in [-0.25, -0.2) is 0 Å². The molecule has 1 aliphatic carbocycles. The van der Waals surface area contributed by atoms with Gasteiger partial charge in [0.15, 0.2) is 0 Å². The highest BCUT2D eigenvalue weighted by Gasteiger charge is 2.22. The molecule has 0 saturated carbocycles. The van der Waals surface area contributed by atoms with Crippen molar-refractivity contribution in [3.05, 3.63) is 48.0 Å². The largest absolute Gasteiger partial charge is 0.457 e. The van der Waals surface area contributed by atoms with E-state index in [1.807, 2.05) is 24.3 Å². The van der Waals surface area contributed by atoms with E-state index in [4.69, 9.17) is 16.3 Å². The Bertz CT molecular complexity index is 386. The molecule has 0 radical (unpaired) electrons. The van der Waals surface area contributed by atoms with Gasteiger partial charge in [-0.2, -0.15) is 0 Å². The van der Waals surface area contributed by atoms with Gasteiger partial charge < -0.3 is 4.74 Å².